The van der Waals surface area contributed by atoms with Gasteiger partial charge in [-0.3, -0.25) is 19.4 Å². The third-order valence-electron chi connectivity index (χ3n) is 7.36. The maximum atomic E-state index is 13.2. The van der Waals surface area contributed by atoms with E-state index in [1.54, 1.807) is 4.90 Å². The van der Waals surface area contributed by atoms with Crippen molar-refractivity contribution in [3.63, 3.8) is 0 Å². The second-order valence-electron chi connectivity index (χ2n) is 9.98. The van der Waals surface area contributed by atoms with Crippen molar-refractivity contribution < 1.29 is 14.3 Å². The summed E-state index contributed by atoms with van der Waals surface area (Å²) in [7, 11) is 0. The smallest absolute Gasteiger partial charge is 0.248 e. The van der Waals surface area contributed by atoms with Crippen molar-refractivity contribution in [2.75, 3.05) is 32.7 Å². The van der Waals surface area contributed by atoms with Gasteiger partial charge in [0, 0.05) is 42.5 Å². The lowest BCUT2D eigenvalue weighted by Crippen LogP contribution is -2.71. The van der Waals surface area contributed by atoms with Gasteiger partial charge in [0.2, 0.25) is 11.8 Å². The van der Waals surface area contributed by atoms with E-state index in [9.17, 15) is 9.59 Å². The number of piperazine rings is 2. The lowest BCUT2D eigenvalue weighted by atomic mass is 10.0. The normalized spacial score (nSPS) is 24.8. The fraction of sp³-hybridized carbons (Fsp3) is 0.556. The van der Waals surface area contributed by atoms with Crippen LogP contribution < -0.4 is 5.32 Å². The molecule has 1 N–H and O–H groups in total. The fourth-order valence-electron chi connectivity index (χ4n) is 5.33. The Morgan fingerprint density at radius 1 is 0.943 bits per heavy atom. The molecule has 4 heterocycles. The molecule has 0 aliphatic carbocycles. The van der Waals surface area contributed by atoms with Crippen LogP contribution in [0.15, 0.2) is 42.5 Å². The summed E-state index contributed by atoms with van der Waals surface area (Å²) >= 11 is 1.88. The summed E-state index contributed by atoms with van der Waals surface area (Å²) in [5, 5.41) is 2.95. The molecule has 5 rings (SSSR count). The molecule has 0 saturated carbocycles. The number of amides is 2. The van der Waals surface area contributed by atoms with E-state index in [0.29, 0.717) is 19.7 Å². The Labute approximate surface area is 212 Å². The third-order valence-corrected chi connectivity index (χ3v) is 8.42. The van der Waals surface area contributed by atoms with Gasteiger partial charge in [-0.05, 0) is 50.6 Å². The van der Waals surface area contributed by atoms with E-state index in [0.717, 1.165) is 25.2 Å². The Hall–Kier alpha value is -2.26. The van der Waals surface area contributed by atoms with E-state index in [-0.39, 0.29) is 11.8 Å². The molecule has 0 bridgehead atoms. The van der Waals surface area contributed by atoms with Gasteiger partial charge in [-0.2, -0.15) is 0 Å². The van der Waals surface area contributed by atoms with Crippen LogP contribution >= 0.6 is 11.3 Å². The number of fused-ring (bicyclic) bond motifs is 1. The summed E-state index contributed by atoms with van der Waals surface area (Å²) in [6, 6.07) is 13.3. The van der Waals surface area contributed by atoms with Gasteiger partial charge in [-0.1, -0.05) is 36.8 Å². The molecular formula is C27H36N4O3S. The highest BCUT2D eigenvalue weighted by molar-refractivity contribution is 7.11. The summed E-state index contributed by atoms with van der Waals surface area (Å²) in [5.74, 6) is -0.110. The van der Waals surface area contributed by atoms with Gasteiger partial charge in [-0.25, -0.2) is 0 Å². The lowest BCUT2D eigenvalue weighted by Gasteiger charge is -2.46. The molecule has 0 radical (unpaired) electrons. The second-order valence-corrected chi connectivity index (χ2v) is 11.2. The Bertz CT molecular complexity index is 1010. The molecule has 3 aliphatic rings. The molecule has 3 atom stereocenters. The molecule has 1 aromatic carbocycles. The lowest BCUT2D eigenvalue weighted by molar-refractivity contribution is -0.157. The number of nitrogens with zero attached hydrogens (tertiary/aromatic N) is 3. The van der Waals surface area contributed by atoms with Gasteiger partial charge >= 0.3 is 0 Å². The number of carbonyl (C=O) groups excluding carboxylic acids is 2. The molecular weight excluding hydrogens is 460 g/mol. The van der Waals surface area contributed by atoms with Crippen molar-refractivity contribution in [2.45, 2.75) is 64.1 Å². The largest absolute Gasteiger partial charge is 0.371 e. The first-order chi connectivity index (χ1) is 17.1. The van der Waals surface area contributed by atoms with Crippen LogP contribution in [-0.4, -0.2) is 77.4 Å². The molecule has 8 heteroatoms. The summed E-state index contributed by atoms with van der Waals surface area (Å²) in [4.78, 5) is 35.6. The average molecular weight is 497 g/mol. The van der Waals surface area contributed by atoms with E-state index < -0.39 is 18.2 Å². The first kappa shape index (κ1) is 24.4. The Kier molecular flexibility index (Phi) is 7.82. The fourth-order valence-corrected chi connectivity index (χ4v) is 6.43. The van der Waals surface area contributed by atoms with Crippen LogP contribution in [0.4, 0.5) is 0 Å². The zero-order valence-electron chi connectivity index (χ0n) is 20.5. The topological polar surface area (TPSA) is 65.1 Å². The van der Waals surface area contributed by atoms with Gasteiger partial charge in [-0.15, -0.1) is 11.3 Å². The first-order valence-electron chi connectivity index (χ1n) is 12.9. The third kappa shape index (κ3) is 5.94. The minimum absolute atomic E-state index is 0.0326. The van der Waals surface area contributed by atoms with E-state index >= 15 is 0 Å². The highest BCUT2D eigenvalue weighted by Crippen LogP contribution is 2.24. The summed E-state index contributed by atoms with van der Waals surface area (Å²) in [6.45, 7) is 8.49. The van der Waals surface area contributed by atoms with Crippen molar-refractivity contribution in [1.82, 2.24) is 20.0 Å². The highest BCUT2D eigenvalue weighted by atomic mass is 32.1. The van der Waals surface area contributed by atoms with E-state index in [4.69, 9.17) is 4.74 Å². The maximum absolute atomic E-state index is 13.2. The molecule has 3 fully saturated rings. The standard InChI is InChI=1S/C27H36N4O3S/c1-20(34-19-21-8-4-2-5-9-21)25-27(33)31-15-14-30(18-24(31)26(32)28-25)17-23-11-10-22(35-23)16-29-12-6-3-7-13-29/h2,4-5,8-11,20,24-25H,3,6-7,12-19H2,1H3,(H,28,32)/t20-,24-,25+/m1/s1. The molecule has 0 spiro atoms. The molecule has 0 unspecified atom stereocenters. The van der Waals surface area contributed by atoms with Crippen LogP contribution in [0.1, 0.15) is 41.5 Å². The van der Waals surface area contributed by atoms with Gasteiger partial charge in [0.25, 0.3) is 0 Å². The van der Waals surface area contributed by atoms with Crippen LogP contribution in [0.5, 0.6) is 0 Å². The molecule has 35 heavy (non-hydrogen) atoms. The van der Waals surface area contributed by atoms with Crippen molar-refractivity contribution in [1.29, 1.82) is 0 Å². The Morgan fingerprint density at radius 2 is 1.66 bits per heavy atom. The zero-order valence-corrected chi connectivity index (χ0v) is 21.3. The van der Waals surface area contributed by atoms with Crippen LogP contribution in [-0.2, 0) is 34.0 Å². The number of hydrogen-bond donors (Lipinski definition) is 1. The van der Waals surface area contributed by atoms with Crippen LogP contribution in [0.3, 0.4) is 0 Å². The number of likely N-dealkylation sites (tertiary alicyclic amines) is 1. The minimum atomic E-state index is -0.636. The van der Waals surface area contributed by atoms with Crippen molar-refractivity contribution >= 4 is 23.2 Å². The number of carbonyl (C=O) groups is 2. The van der Waals surface area contributed by atoms with Crippen molar-refractivity contribution in [3.05, 3.63) is 57.8 Å². The monoisotopic (exact) mass is 496 g/mol. The number of rotatable bonds is 8. The highest BCUT2D eigenvalue weighted by Gasteiger charge is 2.45. The van der Waals surface area contributed by atoms with Crippen LogP contribution in [0, 0.1) is 0 Å². The summed E-state index contributed by atoms with van der Waals surface area (Å²) < 4.78 is 5.95. The molecule has 188 valence electrons. The molecule has 3 saturated heterocycles. The van der Waals surface area contributed by atoms with Crippen molar-refractivity contribution in [3.8, 4) is 0 Å². The number of ether oxygens (including phenoxy) is 1. The van der Waals surface area contributed by atoms with Crippen molar-refractivity contribution in [2.24, 2.45) is 0 Å². The quantitative estimate of drug-likeness (QED) is 0.609. The van der Waals surface area contributed by atoms with E-state index in [1.807, 2.05) is 48.6 Å². The van der Waals surface area contributed by atoms with Crippen LogP contribution in [0.2, 0.25) is 0 Å². The number of benzene rings is 1. The molecule has 2 amide bonds. The summed E-state index contributed by atoms with van der Waals surface area (Å²) in [5.41, 5.74) is 1.05. The van der Waals surface area contributed by atoms with Crippen LogP contribution in [0.25, 0.3) is 0 Å². The molecule has 1 aromatic heterocycles. The number of thiophene rings is 1. The Morgan fingerprint density at radius 3 is 2.40 bits per heavy atom. The maximum Gasteiger partial charge on any atom is 0.248 e. The zero-order chi connectivity index (χ0) is 24.2. The second kappa shape index (κ2) is 11.2. The van der Waals surface area contributed by atoms with Gasteiger partial charge in [0.05, 0.1) is 12.7 Å². The van der Waals surface area contributed by atoms with Gasteiger partial charge in [0.1, 0.15) is 12.1 Å². The molecule has 2 aromatic rings. The molecule has 3 aliphatic heterocycles. The predicted octanol–water partition coefficient (Wildman–Crippen LogP) is 2.85. The predicted molar refractivity (Wildman–Crippen MR) is 137 cm³/mol. The first-order valence-corrected chi connectivity index (χ1v) is 13.7. The Balaban J connectivity index is 1.13. The average Bonchev–Trinajstić information content (AvgIpc) is 3.32. The SMILES string of the molecule is C[C@@H](OCc1ccccc1)[C@@H]1NC(=O)[C@H]2CN(Cc3ccc(CN4CCCCC4)s3)CCN2C1=O. The number of piperidine rings is 1. The van der Waals surface area contributed by atoms with E-state index in [1.165, 1.54) is 42.1 Å². The number of hydrogen-bond acceptors (Lipinski definition) is 6. The minimum Gasteiger partial charge on any atom is -0.371 e. The molecule has 7 nitrogen and oxygen atoms in total. The number of nitrogens with one attached hydrogen (secondary N) is 1. The van der Waals surface area contributed by atoms with Gasteiger partial charge in [0.15, 0.2) is 0 Å². The summed E-state index contributed by atoms with van der Waals surface area (Å²) in [6.07, 6.45) is 3.58. The van der Waals surface area contributed by atoms with Gasteiger partial charge < -0.3 is 15.0 Å². The van der Waals surface area contributed by atoms with E-state index in [2.05, 4.69) is 27.2 Å².